The van der Waals surface area contributed by atoms with E-state index < -0.39 is 0 Å². The van der Waals surface area contributed by atoms with Crippen molar-refractivity contribution in [1.82, 2.24) is 4.90 Å². The highest BCUT2D eigenvalue weighted by Gasteiger charge is 2.21. The molecule has 2 heteroatoms. The van der Waals surface area contributed by atoms with Crippen molar-refractivity contribution in [2.75, 3.05) is 13.1 Å². The van der Waals surface area contributed by atoms with Crippen molar-refractivity contribution in [3.63, 3.8) is 0 Å². The van der Waals surface area contributed by atoms with Crippen LogP contribution in [0.2, 0.25) is 0 Å². The molecule has 0 N–H and O–H groups in total. The Labute approximate surface area is 133 Å². The zero-order chi connectivity index (χ0) is 15.8. The summed E-state index contributed by atoms with van der Waals surface area (Å²) in [6.45, 7) is 10.9. The molecule has 1 rings (SSSR count). The summed E-state index contributed by atoms with van der Waals surface area (Å²) in [6.07, 6.45) is 18.8. The average Bonchev–Trinajstić information content (AvgIpc) is 2.98. The lowest BCUT2D eigenvalue weighted by Gasteiger charge is -2.22. The maximum absolute atomic E-state index is 6.50. The standard InChI is InChI=1S/C18H37N.CHN/c1-3-5-6-7-8-9-10-11-12-13-16-19-17-14-15-18(19)4-2;1-2/h18H,3-17H2,1-2H3;1H. The third-order valence-electron chi connectivity index (χ3n) is 4.77. The van der Waals surface area contributed by atoms with Crippen LogP contribution in [0, 0.1) is 11.8 Å². The molecule has 1 unspecified atom stereocenters. The fraction of sp³-hybridized carbons (Fsp3) is 0.947. The summed E-state index contributed by atoms with van der Waals surface area (Å²) in [5.41, 5.74) is 0. The molecule has 0 aromatic carbocycles. The minimum Gasteiger partial charge on any atom is -0.300 e. The van der Waals surface area contributed by atoms with Crippen LogP contribution in [0.15, 0.2) is 0 Å². The second kappa shape index (κ2) is 15.8. The van der Waals surface area contributed by atoms with Crippen LogP contribution >= 0.6 is 0 Å². The lowest BCUT2D eigenvalue weighted by atomic mass is 10.1. The highest BCUT2D eigenvalue weighted by molar-refractivity contribution is 4.77. The summed E-state index contributed by atoms with van der Waals surface area (Å²) in [6, 6.07) is 0.915. The van der Waals surface area contributed by atoms with Gasteiger partial charge in [-0.05, 0) is 38.8 Å². The molecule has 1 heterocycles. The number of rotatable bonds is 12. The number of unbranched alkanes of at least 4 members (excludes halogenated alkanes) is 9. The molecule has 1 aliphatic heterocycles. The van der Waals surface area contributed by atoms with Crippen LogP contribution in [0.5, 0.6) is 0 Å². The van der Waals surface area contributed by atoms with Crippen LogP contribution in [0.1, 0.15) is 97.3 Å². The molecule has 0 aromatic rings. The summed E-state index contributed by atoms with van der Waals surface area (Å²) in [7, 11) is 0. The zero-order valence-corrected chi connectivity index (χ0v) is 14.7. The van der Waals surface area contributed by atoms with E-state index in [1.54, 1.807) is 0 Å². The van der Waals surface area contributed by atoms with Crippen molar-refractivity contribution in [1.29, 1.82) is 5.26 Å². The second-order valence-corrected chi connectivity index (χ2v) is 6.42. The SMILES string of the molecule is C#N.CCCCCCCCCCCCN1CCCC1CC. The van der Waals surface area contributed by atoms with Gasteiger partial charge in [-0.25, -0.2) is 5.26 Å². The first-order valence-electron chi connectivity index (χ1n) is 9.38. The van der Waals surface area contributed by atoms with Crippen LogP contribution in [-0.4, -0.2) is 24.0 Å². The maximum Gasteiger partial charge on any atom is 0.0462 e. The van der Waals surface area contributed by atoms with Gasteiger partial charge in [-0.1, -0.05) is 71.6 Å². The summed E-state index contributed by atoms with van der Waals surface area (Å²) in [5.74, 6) is 0. The molecule has 0 spiro atoms. The summed E-state index contributed by atoms with van der Waals surface area (Å²) < 4.78 is 0. The highest BCUT2D eigenvalue weighted by Crippen LogP contribution is 2.20. The molecule has 21 heavy (non-hydrogen) atoms. The number of hydrogen-bond acceptors (Lipinski definition) is 2. The third kappa shape index (κ3) is 10.8. The predicted molar refractivity (Wildman–Crippen MR) is 93.4 cm³/mol. The van der Waals surface area contributed by atoms with E-state index in [0.717, 1.165) is 6.04 Å². The third-order valence-corrected chi connectivity index (χ3v) is 4.77. The first kappa shape index (κ1) is 20.5. The van der Waals surface area contributed by atoms with E-state index in [0.29, 0.717) is 0 Å². The zero-order valence-electron chi connectivity index (χ0n) is 14.7. The summed E-state index contributed by atoms with van der Waals surface area (Å²) >= 11 is 0. The van der Waals surface area contributed by atoms with Crippen molar-refractivity contribution < 1.29 is 0 Å². The second-order valence-electron chi connectivity index (χ2n) is 6.42. The van der Waals surface area contributed by atoms with Gasteiger partial charge in [0.25, 0.3) is 0 Å². The molecular weight excluding hydrogens is 256 g/mol. The van der Waals surface area contributed by atoms with Crippen molar-refractivity contribution in [3.8, 4) is 6.57 Å². The first-order valence-corrected chi connectivity index (χ1v) is 9.38. The molecule has 0 aliphatic carbocycles. The van der Waals surface area contributed by atoms with Crippen LogP contribution < -0.4 is 0 Å². The van der Waals surface area contributed by atoms with Gasteiger partial charge in [-0.2, -0.15) is 0 Å². The van der Waals surface area contributed by atoms with Crippen LogP contribution in [-0.2, 0) is 0 Å². The maximum atomic E-state index is 6.50. The van der Waals surface area contributed by atoms with Crippen molar-refractivity contribution in [2.24, 2.45) is 0 Å². The summed E-state index contributed by atoms with van der Waals surface area (Å²) in [5, 5.41) is 6.50. The normalized spacial score (nSPS) is 18.4. The van der Waals surface area contributed by atoms with Gasteiger partial charge in [0.1, 0.15) is 0 Å². The molecule has 0 saturated carbocycles. The van der Waals surface area contributed by atoms with Crippen LogP contribution in [0.25, 0.3) is 0 Å². The topological polar surface area (TPSA) is 27.0 Å². The van der Waals surface area contributed by atoms with Gasteiger partial charge < -0.3 is 4.90 Å². The van der Waals surface area contributed by atoms with Crippen molar-refractivity contribution in [3.05, 3.63) is 0 Å². The Bertz CT molecular complexity index is 225. The van der Waals surface area contributed by atoms with Crippen molar-refractivity contribution in [2.45, 2.75) is 103 Å². The Morgan fingerprint density at radius 3 is 1.90 bits per heavy atom. The Kier molecular flexibility index (Phi) is 15.4. The predicted octanol–water partition coefficient (Wildman–Crippen LogP) is 5.92. The van der Waals surface area contributed by atoms with Gasteiger partial charge in [0, 0.05) is 12.6 Å². The molecule has 2 nitrogen and oxygen atoms in total. The van der Waals surface area contributed by atoms with Gasteiger partial charge in [0.15, 0.2) is 0 Å². The minimum absolute atomic E-state index is 0.915. The van der Waals surface area contributed by atoms with E-state index in [2.05, 4.69) is 25.3 Å². The number of likely N-dealkylation sites (tertiary alicyclic amines) is 1. The summed E-state index contributed by atoms with van der Waals surface area (Å²) in [4.78, 5) is 2.74. The molecular formula is C19H38N2. The minimum atomic E-state index is 0.915. The van der Waals surface area contributed by atoms with Gasteiger partial charge in [-0.15, -0.1) is 0 Å². The Morgan fingerprint density at radius 2 is 1.38 bits per heavy atom. The largest absolute Gasteiger partial charge is 0.300 e. The van der Waals surface area contributed by atoms with Crippen LogP contribution in [0.4, 0.5) is 0 Å². The fourth-order valence-corrected chi connectivity index (χ4v) is 3.45. The highest BCUT2D eigenvalue weighted by atomic mass is 15.2. The molecule has 1 atom stereocenters. The Hall–Kier alpha value is -0.550. The van der Waals surface area contributed by atoms with Gasteiger partial charge in [0.05, 0.1) is 0 Å². The Balaban J connectivity index is 0.00000191. The van der Waals surface area contributed by atoms with E-state index in [9.17, 15) is 0 Å². The van der Waals surface area contributed by atoms with Crippen LogP contribution in [0.3, 0.4) is 0 Å². The van der Waals surface area contributed by atoms with Gasteiger partial charge >= 0.3 is 0 Å². The molecule has 0 amide bonds. The Morgan fingerprint density at radius 1 is 0.857 bits per heavy atom. The van der Waals surface area contributed by atoms with Crippen molar-refractivity contribution >= 4 is 0 Å². The van der Waals surface area contributed by atoms with Gasteiger partial charge in [-0.3, -0.25) is 0 Å². The first-order chi connectivity index (χ1) is 10.4. The quantitative estimate of drug-likeness (QED) is 0.418. The van der Waals surface area contributed by atoms with E-state index in [4.69, 9.17) is 5.26 Å². The lowest BCUT2D eigenvalue weighted by molar-refractivity contribution is 0.242. The van der Waals surface area contributed by atoms with Gasteiger partial charge in [0.2, 0.25) is 0 Å². The number of nitriles is 1. The number of nitrogens with zero attached hydrogens (tertiary/aromatic N) is 2. The fourth-order valence-electron chi connectivity index (χ4n) is 3.45. The molecule has 1 saturated heterocycles. The lowest BCUT2D eigenvalue weighted by Crippen LogP contribution is -2.29. The van der Waals surface area contributed by atoms with E-state index in [-0.39, 0.29) is 0 Å². The van der Waals surface area contributed by atoms with E-state index >= 15 is 0 Å². The smallest absolute Gasteiger partial charge is 0.0462 e. The molecule has 124 valence electrons. The molecule has 0 aromatic heterocycles. The molecule has 0 bridgehead atoms. The average molecular weight is 295 g/mol. The molecule has 0 radical (unpaired) electrons. The monoisotopic (exact) mass is 294 g/mol. The number of hydrogen-bond donors (Lipinski definition) is 0. The molecule has 1 aliphatic rings. The van der Waals surface area contributed by atoms with E-state index in [1.807, 2.05) is 0 Å². The van der Waals surface area contributed by atoms with E-state index in [1.165, 1.54) is 96.6 Å². The molecule has 1 fully saturated rings.